The highest BCUT2D eigenvalue weighted by Crippen LogP contribution is 2.38. The van der Waals surface area contributed by atoms with E-state index in [1.807, 2.05) is 30.3 Å². The van der Waals surface area contributed by atoms with E-state index < -0.39 is 23.8 Å². The molecule has 0 bridgehead atoms. The van der Waals surface area contributed by atoms with Crippen LogP contribution in [0.2, 0.25) is 0 Å². The van der Waals surface area contributed by atoms with Crippen LogP contribution in [0.1, 0.15) is 60.9 Å². The second-order valence-corrected chi connectivity index (χ2v) is 10.0. The average molecular weight is 546 g/mol. The van der Waals surface area contributed by atoms with Gasteiger partial charge in [-0.1, -0.05) is 67.8 Å². The van der Waals surface area contributed by atoms with E-state index in [9.17, 15) is 9.18 Å². The zero-order valence-electron chi connectivity index (χ0n) is 22.6. The third kappa shape index (κ3) is 5.63. The maximum atomic E-state index is 15.8. The van der Waals surface area contributed by atoms with Gasteiger partial charge < -0.3 is 19.4 Å². The fourth-order valence-corrected chi connectivity index (χ4v) is 5.55. The van der Waals surface area contributed by atoms with Crippen LogP contribution in [0.4, 0.5) is 8.78 Å². The van der Waals surface area contributed by atoms with Crippen LogP contribution < -0.4 is 10.1 Å². The smallest absolute Gasteiger partial charge is 0.247 e. The first kappa shape index (κ1) is 27.5. The molecule has 1 heterocycles. The number of nitrogens with one attached hydrogen (secondary N) is 1. The summed E-state index contributed by atoms with van der Waals surface area (Å²) in [4.78, 5) is 18.4. The summed E-state index contributed by atoms with van der Waals surface area (Å²) in [6.07, 6.45) is 7.53. The highest BCUT2D eigenvalue weighted by Gasteiger charge is 2.31. The zero-order chi connectivity index (χ0) is 28.1. The van der Waals surface area contributed by atoms with Gasteiger partial charge in [-0.05, 0) is 47.7 Å². The maximum absolute atomic E-state index is 15.8. The van der Waals surface area contributed by atoms with Crippen molar-refractivity contribution in [2.75, 3.05) is 14.2 Å². The van der Waals surface area contributed by atoms with Gasteiger partial charge in [0.1, 0.15) is 23.7 Å². The first-order chi connectivity index (χ1) is 19.5. The molecular weight excluding hydrogens is 512 g/mol. The third-order valence-electron chi connectivity index (χ3n) is 7.55. The van der Waals surface area contributed by atoms with E-state index in [0.29, 0.717) is 16.9 Å². The van der Waals surface area contributed by atoms with Gasteiger partial charge in [-0.2, -0.15) is 0 Å². The Labute approximate surface area is 233 Å². The van der Waals surface area contributed by atoms with Crippen molar-refractivity contribution in [2.45, 2.75) is 50.3 Å². The van der Waals surface area contributed by atoms with Crippen LogP contribution in [0.3, 0.4) is 0 Å². The molecule has 0 radical (unpaired) electrons. The molecule has 1 fully saturated rings. The van der Waals surface area contributed by atoms with Crippen LogP contribution in [0.15, 0.2) is 79.1 Å². The van der Waals surface area contributed by atoms with E-state index in [1.54, 1.807) is 42.1 Å². The summed E-state index contributed by atoms with van der Waals surface area (Å²) in [5.74, 6) is -1.52. The molecule has 4 aromatic rings. The Balaban J connectivity index is 1.64. The highest BCUT2D eigenvalue weighted by molar-refractivity contribution is 5.85. The fraction of sp³-hybridized carbons (Fsp3) is 0.312. The number of hydrogen-bond donors (Lipinski definition) is 1. The lowest BCUT2D eigenvalue weighted by atomic mass is 9.94. The summed E-state index contributed by atoms with van der Waals surface area (Å²) < 4.78 is 43.3. The number of halogens is 2. The minimum atomic E-state index is -1.05. The molecule has 5 rings (SSSR count). The van der Waals surface area contributed by atoms with Crippen molar-refractivity contribution in [1.29, 1.82) is 0 Å². The first-order valence-electron chi connectivity index (χ1n) is 13.5. The van der Waals surface area contributed by atoms with Crippen LogP contribution >= 0.6 is 0 Å². The lowest BCUT2D eigenvalue weighted by Gasteiger charge is -2.28. The Morgan fingerprint density at radius 2 is 1.68 bits per heavy atom. The maximum Gasteiger partial charge on any atom is 0.247 e. The van der Waals surface area contributed by atoms with Gasteiger partial charge in [0, 0.05) is 25.5 Å². The molecule has 2 unspecified atom stereocenters. The van der Waals surface area contributed by atoms with Gasteiger partial charge in [0.15, 0.2) is 11.6 Å². The molecule has 0 saturated heterocycles. The summed E-state index contributed by atoms with van der Waals surface area (Å²) in [5, 5.41) is 3.20. The lowest BCUT2D eigenvalue weighted by Crippen LogP contribution is -2.41. The van der Waals surface area contributed by atoms with Crippen LogP contribution in [0, 0.1) is 11.6 Å². The standard InChI is InChI=1S/C32H33F2N3O3/c1-39-24-15-13-21(14-16-24)29(32(38)36-23-11-7-4-8-12-23)37-20-19-35-31(37)27-25(17-18-26(33)28(27)34)30(40-2)22-9-5-3-6-10-22/h3,5-6,9-10,13-20,23,29-30H,4,7-8,11-12H2,1-2H3,(H,36,38). The fourth-order valence-electron chi connectivity index (χ4n) is 5.55. The number of benzene rings is 3. The van der Waals surface area contributed by atoms with E-state index in [-0.39, 0.29) is 23.3 Å². The van der Waals surface area contributed by atoms with Gasteiger partial charge in [0.2, 0.25) is 5.91 Å². The number of rotatable bonds is 9. The molecule has 1 aliphatic rings. The molecule has 1 aromatic heterocycles. The number of hydrogen-bond acceptors (Lipinski definition) is 4. The number of amides is 1. The van der Waals surface area contributed by atoms with E-state index in [1.165, 1.54) is 19.4 Å². The van der Waals surface area contributed by atoms with Gasteiger partial charge in [-0.25, -0.2) is 13.8 Å². The van der Waals surface area contributed by atoms with Gasteiger partial charge in [0.05, 0.1) is 12.7 Å². The molecule has 6 nitrogen and oxygen atoms in total. The second kappa shape index (κ2) is 12.4. The van der Waals surface area contributed by atoms with Crippen molar-refractivity contribution in [3.05, 3.63) is 107 Å². The Hall–Kier alpha value is -4.04. The van der Waals surface area contributed by atoms with Gasteiger partial charge >= 0.3 is 0 Å². The molecule has 8 heteroatoms. The van der Waals surface area contributed by atoms with Crippen molar-refractivity contribution in [1.82, 2.24) is 14.9 Å². The lowest BCUT2D eigenvalue weighted by molar-refractivity contribution is -0.124. The largest absolute Gasteiger partial charge is 0.497 e. The summed E-state index contributed by atoms with van der Waals surface area (Å²) in [5.41, 5.74) is 1.79. The quantitative estimate of drug-likeness (QED) is 0.257. The van der Waals surface area contributed by atoms with E-state index in [2.05, 4.69) is 10.3 Å². The van der Waals surface area contributed by atoms with Gasteiger partial charge in [-0.3, -0.25) is 4.79 Å². The molecule has 1 N–H and O–H groups in total. The van der Waals surface area contributed by atoms with E-state index >= 15 is 4.39 Å². The van der Waals surface area contributed by atoms with E-state index in [0.717, 1.165) is 43.7 Å². The van der Waals surface area contributed by atoms with Crippen molar-refractivity contribution >= 4 is 5.91 Å². The predicted molar refractivity (Wildman–Crippen MR) is 149 cm³/mol. The minimum Gasteiger partial charge on any atom is -0.497 e. The molecule has 3 aromatic carbocycles. The Kier molecular flexibility index (Phi) is 8.55. The number of carbonyl (C=O) groups excluding carboxylic acids is 1. The van der Waals surface area contributed by atoms with Crippen molar-refractivity contribution in [3.8, 4) is 17.1 Å². The predicted octanol–water partition coefficient (Wildman–Crippen LogP) is 6.61. The highest BCUT2D eigenvalue weighted by atomic mass is 19.2. The molecule has 1 aliphatic carbocycles. The Morgan fingerprint density at radius 3 is 2.35 bits per heavy atom. The van der Waals surface area contributed by atoms with Crippen molar-refractivity contribution in [2.24, 2.45) is 0 Å². The van der Waals surface area contributed by atoms with Crippen LogP contribution in [0.25, 0.3) is 11.4 Å². The summed E-state index contributed by atoms with van der Waals surface area (Å²) >= 11 is 0. The summed E-state index contributed by atoms with van der Waals surface area (Å²) in [6, 6.07) is 18.3. The molecule has 208 valence electrons. The van der Waals surface area contributed by atoms with Crippen LogP contribution in [0.5, 0.6) is 5.75 Å². The summed E-state index contributed by atoms with van der Waals surface area (Å²) in [7, 11) is 3.09. The number of aromatic nitrogens is 2. The molecular formula is C32H33F2N3O3. The summed E-state index contributed by atoms with van der Waals surface area (Å²) in [6.45, 7) is 0. The Bertz CT molecular complexity index is 1430. The molecule has 0 aliphatic heterocycles. The number of carbonyl (C=O) groups is 1. The third-order valence-corrected chi connectivity index (χ3v) is 7.55. The van der Waals surface area contributed by atoms with Gasteiger partial charge in [0.25, 0.3) is 0 Å². The molecule has 1 saturated carbocycles. The Morgan fingerprint density at radius 1 is 0.950 bits per heavy atom. The van der Waals surface area contributed by atoms with Gasteiger partial charge in [-0.15, -0.1) is 0 Å². The number of ether oxygens (including phenoxy) is 2. The zero-order valence-corrected chi connectivity index (χ0v) is 22.6. The number of nitrogens with zero attached hydrogens (tertiary/aromatic N) is 2. The molecule has 0 spiro atoms. The molecule has 1 amide bonds. The topological polar surface area (TPSA) is 65.4 Å². The normalized spacial score (nSPS) is 15.4. The van der Waals surface area contributed by atoms with Crippen LogP contribution in [-0.2, 0) is 9.53 Å². The second-order valence-electron chi connectivity index (χ2n) is 10.0. The molecule has 40 heavy (non-hydrogen) atoms. The first-order valence-corrected chi connectivity index (χ1v) is 13.5. The minimum absolute atomic E-state index is 0.0512. The molecule has 2 atom stereocenters. The van der Waals surface area contributed by atoms with Crippen molar-refractivity contribution < 1.29 is 23.0 Å². The monoisotopic (exact) mass is 545 g/mol. The van der Waals surface area contributed by atoms with Crippen LogP contribution in [-0.4, -0.2) is 35.7 Å². The number of imidazole rings is 1. The van der Waals surface area contributed by atoms with Crippen molar-refractivity contribution in [3.63, 3.8) is 0 Å². The SMILES string of the molecule is COc1ccc(C(C(=O)NC2CCCCC2)n2ccnc2-c2c(C(OC)c3ccccc3)ccc(F)c2F)cc1. The van der Waals surface area contributed by atoms with E-state index in [4.69, 9.17) is 9.47 Å². The number of methoxy groups -OCH3 is 2. The average Bonchev–Trinajstić information content (AvgIpc) is 3.45.